The summed E-state index contributed by atoms with van der Waals surface area (Å²) < 4.78 is 6.91. The molecule has 166 valence electrons. The Morgan fingerprint density at radius 2 is 1.94 bits per heavy atom. The zero-order valence-electron chi connectivity index (χ0n) is 18.7. The number of nitrogens with one attached hydrogen (secondary N) is 1. The maximum atomic E-state index is 13.2. The fraction of sp³-hybridized carbons (Fsp3) is 0.320. The van der Waals surface area contributed by atoms with Crippen molar-refractivity contribution in [2.24, 2.45) is 13.0 Å². The second kappa shape index (κ2) is 9.26. The van der Waals surface area contributed by atoms with Gasteiger partial charge in [0.25, 0.3) is 5.91 Å². The minimum absolute atomic E-state index is 0.0206. The molecule has 1 N–H and O–H groups in total. The van der Waals surface area contributed by atoms with E-state index >= 15 is 0 Å². The van der Waals surface area contributed by atoms with Gasteiger partial charge in [-0.05, 0) is 42.2 Å². The number of methoxy groups -OCH3 is 1. The lowest BCUT2D eigenvalue weighted by Gasteiger charge is -2.23. The first-order chi connectivity index (χ1) is 15.5. The molecule has 1 atom stereocenters. The van der Waals surface area contributed by atoms with E-state index < -0.39 is 0 Å². The Kier molecular flexibility index (Phi) is 6.25. The Hall–Kier alpha value is -3.61. The molecule has 4 rings (SSSR count). The van der Waals surface area contributed by atoms with Gasteiger partial charge in [-0.1, -0.05) is 36.4 Å². The minimum Gasteiger partial charge on any atom is -0.497 e. The van der Waals surface area contributed by atoms with E-state index in [1.807, 2.05) is 43.3 Å². The lowest BCUT2D eigenvalue weighted by atomic mass is 9.91. The van der Waals surface area contributed by atoms with Crippen molar-refractivity contribution in [2.45, 2.75) is 13.3 Å². The number of hydrogen-bond acceptors (Lipinski definition) is 4. The van der Waals surface area contributed by atoms with Crippen molar-refractivity contribution in [3.05, 3.63) is 71.5 Å². The second-order valence-electron chi connectivity index (χ2n) is 8.13. The summed E-state index contributed by atoms with van der Waals surface area (Å²) in [4.78, 5) is 27.8. The molecule has 0 aliphatic carbocycles. The number of aromatic nitrogens is 2. The van der Waals surface area contributed by atoms with E-state index in [2.05, 4.69) is 22.5 Å². The minimum atomic E-state index is -0.335. The van der Waals surface area contributed by atoms with Crippen LogP contribution in [-0.2, 0) is 18.3 Å². The maximum absolute atomic E-state index is 13.2. The van der Waals surface area contributed by atoms with E-state index in [1.54, 1.807) is 29.9 Å². The van der Waals surface area contributed by atoms with Gasteiger partial charge in [-0.25, -0.2) is 0 Å². The van der Waals surface area contributed by atoms with Gasteiger partial charge < -0.3 is 15.0 Å². The first kappa shape index (κ1) is 21.6. The first-order valence-electron chi connectivity index (χ1n) is 10.8. The van der Waals surface area contributed by atoms with E-state index in [-0.39, 0.29) is 17.7 Å². The van der Waals surface area contributed by atoms with Gasteiger partial charge in [-0.2, -0.15) is 5.10 Å². The average molecular weight is 433 g/mol. The zero-order valence-corrected chi connectivity index (χ0v) is 18.7. The molecule has 2 aromatic carbocycles. The smallest absolute Gasteiger partial charge is 0.257 e. The highest BCUT2D eigenvalue weighted by Gasteiger charge is 2.30. The molecule has 7 nitrogen and oxygen atoms in total. The summed E-state index contributed by atoms with van der Waals surface area (Å²) in [6.07, 6.45) is 2.29. The third-order valence-corrected chi connectivity index (χ3v) is 5.91. The van der Waals surface area contributed by atoms with E-state index in [1.165, 1.54) is 0 Å². The van der Waals surface area contributed by atoms with Gasteiger partial charge in [0.1, 0.15) is 5.75 Å². The normalized spacial score (nSPS) is 16.4. The Labute approximate surface area is 188 Å². The van der Waals surface area contributed by atoms with E-state index in [9.17, 15) is 9.59 Å². The topological polar surface area (TPSA) is 76.5 Å². The summed E-state index contributed by atoms with van der Waals surface area (Å²) in [5, 5.41) is 7.26. The number of ether oxygens (including phenoxy) is 1. The first-order valence-corrected chi connectivity index (χ1v) is 10.8. The predicted molar refractivity (Wildman–Crippen MR) is 122 cm³/mol. The lowest BCUT2D eigenvalue weighted by molar-refractivity contribution is -0.124. The van der Waals surface area contributed by atoms with Crippen LogP contribution < -0.4 is 10.1 Å². The molecule has 0 unspecified atom stereocenters. The number of hydrogen-bond donors (Lipinski definition) is 1. The van der Waals surface area contributed by atoms with Crippen LogP contribution in [0.2, 0.25) is 0 Å². The zero-order chi connectivity index (χ0) is 22.7. The SMILES string of the molecule is COc1ccc(-c2ccccc2C[C@@H]2CN(C(=O)c3cn(C)nc3C)CCNC2=O)cc1. The second-order valence-corrected chi connectivity index (χ2v) is 8.13. The molecule has 1 aromatic heterocycles. The molecule has 1 fully saturated rings. The molecule has 0 spiro atoms. The molecule has 0 radical (unpaired) electrons. The van der Waals surface area contributed by atoms with Crippen LogP contribution in [0.4, 0.5) is 0 Å². The molecular weight excluding hydrogens is 404 g/mol. The summed E-state index contributed by atoms with van der Waals surface area (Å²) in [5.74, 6) is 0.361. The summed E-state index contributed by atoms with van der Waals surface area (Å²) in [5.41, 5.74) is 4.49. The third-order valence-electron chi connectivity index (χ3n) is 5.91. The van der Waals surface area contributed by atoms with Crippen molar-refractivity contribution >= 4 is 11.8 Å². The van der Waals surface area contributed by atoms with Crippen LogP contribution in [0.3, 0.4) is 0 Å². The molecule has 1 saturated heterocycles. The molecule has 32 heavy (non-hydrogen) atoms. The van der Waals surface area contributed by atoms with Crippen LogP contribution in [0.1, 0.15) is 21.6 Å². The van der Waals surface area contributed by atoms with Gasteiger partial charge in [-0.3, -0.25) is 14.3 Å². The molecule has 0 bridgehead atoms. The van der Waals surface area contributed by atoms with E-state index in [4.69, 9.17) is 4.74 Å². The quantitative estimate of drug-likeness (QED) is 0.673. The number of benzene rings is 2. The predicted octanol–water partition coefficient (Wildman–Crippen LogP) is 2.84. The van der Waals surface area contributed by atoms with Crippen molar-refractivity contribution < 1.29 is 14.3 Å². The van der Waals surface area contributed by atoms with Gasteiger partial charge >= 0.3 is 0 Å². The van der Waals surface area contributed by atoms with Crippen LogP contribution in [-0.4, -0.2) is 53.2 Å². The molecule has 2 amide bonds. The summed E-state index contributed by atoms with van der Waals surface area (Å²) in [6, 6.07) is 16.0. The van der Waals surface area contributed by atoms with Crippen LogP contribution >= 0.6 is 0 Å². The highest BCUT2D eigenvalue weighted by molar-refractivity contribution is 5.95. The highest BCUT2D eigenvalue weighted by atomic mass is 16.5. The van der Waals surface area contributed by atoms with E-state index in [0.717, 1.165) is 22.4 Å². The van der Waals surface area contributed by atoms with Crippen LogP contribution in [0.25, 0.3) is 11.1 Å². The molecule has 7 heteroatoms. The number of carbonyl (C=O) groups excluding carboxylic acids is 2. The molecule has 3 aromatic rings. The van der Waals surface area contributed by atoms with Crippen molar-refractivity contribution in [2.75, 3.05) is 26.7 Å². The summed E-state index contributed by atoms with van der Waals surface area (Å²) >= 11 is 0. The van der Waals surface area contributed by atoms with Gasteiger partial charge in [0, 0.05) is 32.9 Å². The summed E-state index contributed by atoms with van der Waals surface area (Å²) in [6.45, 7) is 3.13. The molecule has 2 heterocycles. The molecule has 0 saturated carbocycles. The standard InChI is InChI=1S/C25H28N4O3/c1-17-23(16-28(2)27-17)25(31)29-13-12-26-24(30)20(15-29)14-19-6-4-5-7-22(19)18-8-10-21(32-3)11-9-18/h4-11,16,20H,12-15H2,1-3H3,(H,26,30)/t20-/m1/s1. The Balaban J connectivity index is 1.58. The monoisotopic (exact) mass is 432 g/mol. The number of nitrogens with zero attached hydrogens (tertiary/aromatic N) is 3. The molecule has 1 aliphatic rings. The van der Waals surface area contributed by atoms with Gasteiger partial charge in [0.15, 0.2) is 0 Å². The van der Waals surface area contributed by atoms with Crippen LogP contribution in [0.15, 0.2) is 54.7 Å². The van der Waals surface area contributed by atoms with Crippen molar-refractivity contribution in [3.63, 3.8) is 0 Å². The highest BCUT2D eigenvalue weighted by Crippen LogP contribution is 2.28. The Morgan fingerprint density at radius 1 is 1.19 bits per heavy atom. The van der Waals surface area contributed by atoms with Gasteiger partial charge in [0.05, 0.1) is 24.3 Å². The maximum Gasteiger partial charge on any atom is 0.257 e. The van der Waals surface area contributed by atoms with Crippen molar-refractivity contribution in [1.82, 2.24) is 20.0 Å². The third kappa shape index (κ3) is 4.51. The Morgan fingerprint density at radius 3 is 2.62 bits per heavy atom. The van der Waals surface area contributed by atoms with Crippen LogP contribution in [0, 0.1) is 12.8 Å². The molecular formula is C25H28N4O3. The lowest BCUT2D eigenvalue weighted by Crippen LogP contribution is -2.37. The summed E-state index contributed by atoms with van der Waals surface area (Å²) in [7, 11) is 3.45. The number of aryl methyl sites for hydroxylation is 2. The fourth-order valence-electron chi connectivity index (χ4n) is 4.24. The van der Waals surface area contributed by atoms with Gasteiger partial charge in [0.2, 0.25) is 5.91 Å². The van der Waals surface area contributed by atoms with E-state index in [0.29, 0.717) is 37.3 Å². The average Bonchev–Trinajstić information content (AvgIpc) is 3.03. The largest absolute Gasteiger partial charge is 0.497 e. The van der Waals surface area contributed by atoms with Crippen molar-refractivity contribution in [3.8, 4) is 16.9 Å². The number of rotatable bonds is 5. The molecule has 1 aliphatic heterocycles. The number of amides is 2. The van der Waals surface area contributed by atoms with Crippen LogP contribution in [0.5, 0.6) is 5.75 Å². The van der Waals surface area contributed by atoms with Crippen molar-refractivity contribution in [1.29, 1.82) is 0 Å². The number of carbonyl (C=O) groups is 2. The van der Waals surface area contributed by atoms with Gasteiger partial charge in [-0.15, -0.1) is 0 Å². The Bertz CT molecular complexity index is 1120. The fourth-order valence-corrected chi connectivity index (χ4v) is 4.24.